The first kappa shape index (κ1) is 13.8. The highest BCUT2D eigenvalue weighted by molar-refractivity contribution is 7.93. The molecule has 1 saturated carbocycles. The number of carbonyl (C=O) groups is 1. The Bertz CT molecular complexity index is 548. The van der Waals surface area contributed by atoms with Crippen LogP contribution in [-0.2, 0) is 21.2 Å². The van der Waals surface area contributed by atoms with Crippen molar-refractivity contribution in [1.82, 2.24) is 4.98 Å². The number of carboxylic acids is 1. The van der Waals surface area contributed by atoms with Crippen molar-refractivity contribution in [1.29, 1.82) is 0 Å². The molecule has 0 saturated heterocycles. The van der Waals surface area contributed by atoms with E-state index in [2.05, 4.69) is 9.71 Å². The summed E-state index contributed by atoms with van der Waals surface area (Å²) in [6.45, 7) is 0. The summed E-state index contributed by atoms with van der Waals surface area (Å²) in [4.78, 5) is 14.4. The van der Waals surface area contributed by atoms with E-state index in [4.69, 9.17) is 5.11 Å². The molecule has 1 fully saturated rings. The number of sulfonamides is 1. The second-order valence-electron chi connectivity index (χ2n) is 4.66. The number of rotatable bonds is 5. The topological polar surface area (TPSA) is 96.4 Å². The molecular weight excluding hydrogens is 268 g/mol. The van der Waals surface area contributed by atoms with Gasteiger partial charge in [-0.05, 0) is 25.0 Å². The van der Waals surface area contributed by atoms with Crippen LogP contribution >= 0.6 is 0 Å². The lowest BCUT2D eigenvalue weighted by Crippen LogP contribution is -2.25. The number of nitrogens with one attached hydrogen (secondary N) is 1. The third kappa shape index (κ3) is 3.66. The molecule has 2 rings (SSSR count). The molecule has 2 N–H and O–H groups in total. The van der Waals surface area contributed by atoms with Gasteiger partial charge in [-0.15, -0.1) is 0 Å². The molecule has 6 nitrogen and oxygen atoms in total. The van der Waals surface area contributed by atoms with E-state index in [-0.39, 0.29) is 11.7 Å². The van der Waals surface area contributed by atoms with Crippen molar-refractivity contribution in [2.24, 2.45) is 0 Å². The fourth-order valence-electron chi connectivity index (χ4n) is 2.19. The Morgan fingerprint density at radius 3 is 2.58 bits per heavy atom. The van der Waals surface area contributed by atoms with Crippen molar-refractivity contribution in [3.05, 3.63) is 24.0 Å². The minimum atomic E-state index is -3.36. The quantitative estimate of drug-likeness (QED) is 0.851. The maximum Gasteiger partial charge on any atom is 0.309 e. The molecular formula is C12H16N2O4S. The second-order valence-corrected chi connectivity index (χ2v) is 6.62. The molecule has 1 aromatic heterocycles. The zero-order valence-corrected chi connectivity index (χ0v) is 11.2. The SMILES string of the molecule is O=C(O)Cc1ccc(NS(=O)(=O)C2CCCC2)cn1. The average molecular weight is 284 g/mol. The fraction of sp³-hybridized carbons (Fsp3) is 0.500. The first-order valence-electron chi connectivity index (χ1n) is 6.16. The molecule has 0 aliphatic heterocycles. The molecule has 0 atom stereocenters. The van der Waals surface area contributed by atoms with Crippen LogP contribution in [0.2, 0.25) is 0 Å². The molecule has 104 valence electrons. The minimum Gasteiger partial charge on any atom is -0.481 e. The fourth-order valence-corrected chi connectivity index (χ4v) is 3.76. The summed E-state index contributed by atoms with van der Waals surface area (Å²) in [5.74, 6) is -0.966. The Hall–Kier alpha value is -1.63. The standard InChI is InChI=1S/C12H16N2O4S/c15-12(16)7-9-5-6-10(8-13-9)14-19(17,18)11-3-1-2-4-11/h5-6,8,11,14H,1-4,7H2,(H,15,16). The van der Waals surface area contributed by atoms with Crippen LogP contribution in [0.4, 0.5) is 5.69 Å². The van der Waals surface area contributed by atoms with Crippen LogP contribution in [0.15, 0.2) is 18.3 Å². The van der Waals surface area contributed by atoms with Gasteiger partial charge in [-0.25, -0.2) is 8.42 Å². The van der Waals surface area contributed by atoms with E-state index in [9.17, 15) is 13.2 Å². The molecule has 0 unspecified atom stereocenters. The highest BCUT2D eigenvalue weighted by Crippen LogP contribution is 2.25. The van der Waals surface area contributed by atoms with Crippen LogP contribution < -0.4 is 4.72 Å². The van der Waals surface area contributed by atoms with E-state index in [1.807, 2.05) is 0 Å². The number of aliphatic carboxylic acids is 1. The second kappa shape index (κ2) is 5.56. The number of hydrogen-bond acceptors (Lipinski definition) is 4. The lowest BCUT2D eigenvalue weighted by molar-refractivity contribution is -0.136. The number of anilines is 1. The van der Waals surface area contributed by atoms with Gasteiger partial charge in [0.05, 0.1) is 29.2 Å². The molecule has 0 amide bonds. The summed E-state index contributed by atoms with van der Waals surface area (Å²) >= 11 is 0. The van der Waals surface area contributed by atoms with Gasteiger partial charge in [0.2, 0.25) is 10.0 Å². The van der Waals surface area contributed by atoms with Gasteiger partial charge in [0.15, 0.2) is 0 Å². The zero-order chi connectivity index (χ0) is 13.9. The van der Waals surface area contributed by atoms with Gasteiger partial charge in [-0.1, -0.05) is 12.8 Å². The largest absolute Gasteiger partial charge is 0.481 e. The third-order valence-electron chi connectivity index (χ3n) is 3.16. The molecule has 1 heterocycles. The summed E-state index contributed by atoms with van der Waals surface area (Å²) in [6, 6.07) is 3.05. The molecule has 7 heteroatoms. The minimum absolute atomic E-state index is 0.171. The molecule has 1 aliphatic carbocycles. The predicted molar refractivity (Wildman–Crippen MR) is 70.4 cm³/mol. The van der Waals surface area contributed by atoms with Gasteiger partial charge in [0, 0.05) is 0 Å². The lowest BCUT2D eigenvalue weighted by Gasteiger charge is -2.13. The molecule has 1 aliphatic rings. The van der Waals surface area contributed by atoms with E-state index in [0.717, 1.165) is 12.8 Å². The first-order valence-corrected chi connectivity index (χ1v) is 7.70. The van der Waals surface area contributed by atoms with E-state index >= 15 is 0 Å². The Kier molecular flexibility index (Phi) is 4.04. The van der Waals surface area contributed by atoms with Crippen LogP contribution in [0.1, 0.15) is 31.4 Å². The van der Waals surface area contributed by atoms with Crippen molar-refractivity contribution in [2.45, 2.75) is 37.4 Å². The highest BCUT2D eigenvalue weighted by atomic mass is 32.2. The van der Waals surface area contributed by atoms with E-state index in [1.54, 1.807) is 0 Å². The van der Waals surface area contributed by atoms with E-state index < -0.39 is 16.0 Å². The van der Waals surface area contributed by atoms with Crippen molar-refractivity contribution >= 4 is 21.7 Å². The summed E-state index contributed by atoms with van der Waals surface area (Å²) in [5, 5.41) is 8.29. The van der Waals surface area contributed by atoms with Gasteiger partial charge < -0.3 is 5.11 Å². The maximum absolute atomic E-state index is 12.0. The normalized spacial score (nSPS) is 16.4. The van der Waals surface area contributed by atoms with Crippen molar-refractivity contribution < 1.29 is 18.3 Å². The van der Waals surface area contributed by atoms with Crippen molar-refractivity contribution in [3.63, 3.8) is 0 Å². The molecule has 19 heavy (non-hydrogen) atoms. The van der Waals surface area contributed by atoms with Gasteiger partial charge in [-0.2, -0.15) is 0 Å². The van der Waals surface area contributed by atoms with Crippen LogP contribution in [0.3, 0.4) is 0 Å². The van der Waals surface area contributed by atoms with Crippen molar-refractivity contribution in [3.8, 4) is 0 Å². The summed E-state index contributed by atoms with van der Waals surface area (Å²) in [5.41, 5.74) is 0.775. The summed E-state index contributed by atoms with van der Waals surface area (Å²) in [7, 11) is -3.36. The number of nitrogens with zero attached hydrogens (tertiary/aromatic N) is 1. The van der Waals surface area contributed by atoms with E-state index in [0.29, 0.717) is 24.2 Å². The van der Waals surface area contributed by atoms with Gasteiger partial charge in [-0.3, -0.25) is 14.5 Å². The van der Waals surface area contributed by atoms with Gasteiger partial charge in [0.25, 0.3) is 0 Å². The molecule has 0 spiro atoms. The molecule has 0 aromatic carbocycles. The summed E-state index contributed by atoms with van der Waals surface area (Å²) < 4.78 is 26.6. The monoisotopic (exact) mass is 284 g/mol. The molecule has 1 aromatic rings. The lowest BCUT2D eigenvalue weighted by atomic mass is 10.3. The Morgan fingerprint density at radius 2 is 2.05 bits per heavy atom. The predicted octanol–water partition coefficient (Wildman–Crippen LogP) is 1.39. The summed E-state index contributed by atoms with van der Waals surface area (Å²) in [6.07, 6.45) is 4.46. The van der Waals surface area contributed by atoms with Gasteiger partial charge >= 0.3 is 5.97 Å². The molecule has 0 radical (unpaired) electrons. The zero-order valence-electron chi connectivity index (χ0n) is 10.4. The molecule has 0 bridgehead atoms. The van der Waals surface area contributed by atoms with Crippen LogP contribution in [0.25, 0.3) is 0 Å². The smallest absolute Gasteiger partial charge is 0.309 e. The van der Waals surface area contributed by atoms with Crippen LogP contribution in [0.5, 0.6) is 0 Å². The number of carboxylic acid groups (broad SMARTS) is 1. The van der Waals surface area contributed by atoms with Gasteiger partial charge in [0.1, 0.15) is 0 Å². The highest BCUT2D eigenvalue weighted by Gasteiger charge is 2.28. The maximum atomic E-state index is 12.0. The third-order valence-corrected chi connectivity index (χ3v) is 5.03. The van der Waals surface area contributed by atoms with Crippen molar-refractivity contribution in [2.75, 3.05) is 4.72 Å². The number of pyridine rings is 1. The number of hydrogen-bond donors (Lipinski definition) is 2. The average Bonchev–Trinajstić information content (AvgIpc) is 2.85. The van der Waals surface area contributed by atoms with Crippen LogP contribution in [-0.4, -0.2) is 29.7 Å². The Morgan fingerprint density at radius 1 is 1.37 bits per heavy atom. The number of aromatic nitrogens is 1. The first-order chi connectivity index (χ1) is 8.97. The van der Waals surface area contributed by atoms with E-state index in [1.165, 1.54) is 18.3 Å². The van der Waals surface area contributed by atoms with Crippen LogP contribution in [0, 0.1) is 0 Å². The Labute approximate surface area is 111 Å². The Balaban J connectivity index is 2.04.